The number of likely N-dealkylation sites (N-methyl/N-ethyl adjacent to an activating group) is 1. The average Bonchev–Trinajstić information content (AvgIpc) is 2.23. The fourth-order valence-corrected chi connectivity index (χ4v) is 1.90. The number of nitrogens with one attached hydrogen (secondary N) is 1. The molecule has 0 spiro atoms. The van der Waals surface area contributed by atoms with Crippen molar-refractivity contribution in [1.82, 2.24) is 9.80 Å². The minimum Gasteiger partial charge on any atom is -0.351 e. The molecule has 1 N–H and O–H groups in total. The Balaban J connectivity index is 2.45. The number of amides is 1. The Morgan fingerprint density at radius 1 is 1.40 bits per heavy atom. The van der Waals surface area contributed by atoms with Gasteiger partial charge in [-0.1, -0.05) is 0 Å². The lowest BCUT2D eigenvalue weighted by molar-refractivity contribution is -0.131. The summed E-state index contributed by atoms with van der Waals surface area (Å²) in [6, 6.07) is 0. The largest absolute Gasteiger partial charge is 0.351 e. The van der Waals surface area contributed by atoms with Crippen molar-refractivity contribution in [3.8, 4) is 0 Å². The maximum atomic E-state index is 11.8. The number of nitrogens with zero attached hydrogens (tertiary/aromatic N) is 2. The third kappa shape index (κ3) is 3.22. The molecule has 1 rings (SSSR count). The van der Waals surface area contributed by atoms with Crippen molar-refractivity contribution >= 4 is 11.7 Å². The van der Waals surface area contributed by atoms with E-state index in [9.17, 15) is 4.79 Å². The molecule has 0 unspecified atom stereocenters. The van der Waals surface area contributed by atoms with Crippen molar-refractivity contribution in [2.45, 2.75) is 33.1 Å². The first kappa shape index (κ1) is 12.0. The molecule has 86 valence electrons. The molecule has 1 amide bonds. The van der Waals surface area contributed by atoms with Crippen molar-refractivity contribution in [3.05, 3.63) is 0 Å². The molecule has 1 saturated heterocycles. The van der Waals surface area contributed by atoms with E-state index in [1.54, 1.807) is 0 Å². The summed E-state index contributed by atoms with van der Waals surface area (Å²) < 4.78 is 0. The number of rotatable bonds is 4. The van der Waals surface area contributed by atoms with Crippen LogP contribution in [-0.2, 0) is 4.79 Å². The monoisotopic (exact) mass is 211 g/mol. The van der Waals surface area contributed by atoms with E-state index in [0.717, 1.165) is 38.9 Å². The third-order valence-corrected chi connectivity index (χ3v) is 2.92. The van der Waals surface area contributed by atoms with E-state index < -0.39 is 0 Å². The smallest absolute Gasteiger partial charge is 0.242 e. The molecule has 0 atom stereocenters. The number of carbonyl (C=O) groups is 1. The molecule has 0 aromatic rings. The van der Waals surface area contributed by atoms with E-state index in [1.165, 1.54) is 0 Å². The quantitative estimate of drug-likeness (QED) is 0.762. The zero-order valence-electron chi connectivity index (χ0n) is 9.75. The second-order valence-corrected chi connectivity index (χ2v) is 3.89. The molecule has 1 aliphatic rings. The van der Waals surface area contributed by atoms with Gasteiger partial charge < -0.3 is 9.80 Å². The van der Waals surface area contributed by atoms with E-state index in [0.29, 0.717) is 12.4 Å². The third-order valence-electron chi connectivity index (χ3n) is 2.92. The zero-order chi connectivity index (χ0) is 11.3. The number of hydrogen-bond donors (Lipinski definition) is 1. The Hall–Kier alpha value is -1.06. The van der Waals surface area contributed by atoms with Gasteiger partial charge in [0.25, 0.3) is 0 Å². The van der Waals surface area contributed by atoms with Crippen LogP contribution >= 0.6 is 0 Å². The molecule has 0 radical (unpaired) electrons. The average molecular weight is 211 g/mol. The topological polar surface area (TPSA) is 47.4 Å². The van der Waals surface area contributed by atoms with Crippen molar-refractivity contribution in [1.29, 1.82) is 5.41 Å². The lowest BCUT2D eigenvalue weighted by atomic mass is 10.1. The van der Waals surface area contributed by atoms with Gasteiger partial charge in [0.1, 0.15) is 0 Å². The van der Waals surface area contributed by atoms with Gasteiger partial charge in [-0.05, 0) is 26.7 Å². The van der Waals surface area contributed by atoms with Crippen LogP contribution in [0.1, 0.15) is 33.1 Å². The lowest BCUT2D eigenvalue weighted by Crippen LogP contribution is -2.44. The molecule has 0 saturated carbocycles. The van der Waals surface area contributed by atoms with Gasteiger partial charge in [-0.15, -0.1) is 0 Å². The summed E-state index contributed by atoms with van der Waals surface area (Å²) in [6.45, 7) is 6.76. The second kappa shape index (κ2) is 5.73. The summed E-state index contributed by atoms with van der Waals surface area (Å²) in [7, 11) is 0. The maximum Gasteiger partial charge on any atom is 0.242 e. The van der Waals surface area contributed by atoms with Gasteiger partial charge >= 0.3 is 0 Å². The summed E-state index contributed by atoms with van der Waals surface area (Å²) in [5.41, 5.74) is 0. The van der Waals surface area contributed by atoms with Gasteiger partial charge in [0.15, 0.2) is 0 Å². The number of amidine groups is 1. The Morgan fingerprint density at radius 3 is 2.60 bits per heavy atom. The minimum absolute atomic E-state index is 0.145. The Labute approximate surface area is 91.7 Å². The van der Waals surface area contributed by atoms with E-state index in [2.05, 4.69) is 0 Å². The van der Waals surface area contributed by atoms with Crippen LogP contribution in [-0.4, -0.2) is 47.7 Å². The van der Waals surface area contributed by atoms with Crippen LogP contribution in [0.5, 0.6) is 0 Å². The Morgan fingerprint density at radius 2 is 2.07 bits per heavy atom. The first-order valence-corrected chi connectivity index (χ1v) is 5.79. The molecule has 1 aliphatic heterocycles. The highest BCUT2D eigenvalue weighted by Crippen LogP contribution is 2.10. The van der Waals surface area contributed by atoms with Crippen LogP contribution < -0.4 is 0 Å². The van der Waals surface area contributed by atoms with E-state index >= 15 is 0 Å². The van der Waals surface area contributed by atoms with Crippen molar-refractivity contribution < 1.29 is 4.79 Å². The van der Waals surface area contributed by atoms with Crippen LogP contribution in [0.25, 0.3) is 0 Å². The van der Waals surface area contributed by atoms with Crippen molar-refractivity contribution in [3.63, 3.8) is 0 Å². The van der Waals surface area contributed by atoms with Crippen LogP contribution in [0.3, 0.4) is 0 Å². The fourth-order valence-electron chi connectivity index (χ4n) is 1.90. The van der Waals surface area contributed by atoms with Crippen LogP contribution in [0, 0.1) is 5.41 Å². The normalized spacial score (nSPS) is 16.7. The molecule has 0 aromatic carbocycles. The number of likely N-dealkylation sites (tertiary alicyclic amines) is 1. The highest BCUT2D eigenvalue weighted by Gasteiger charge is 2.19. The van der Waals surface area contributed by atoms with E-state index in [1.807, 2.05) is 23.6 Å². The molecule has 0 aromatic heterocycles. The summed E-state index contributed by atoms with van der Waals surface area (Å²) in [5, 5.41) is 7.75. The second-order valence-electron chi connectivity index (χ2n) is 3.89. The van der Waals surface area contributed by atoms with E-state index in [4.69, 9.17) is 5.41 Å². The number of carbonyl (C=O) groups excluding carboxylic acids is 1. The van der Waals surface area contributed by atoms with Crippen molar-refractivity contribution in [2.24, 2.45) is 0 Å². The minimum atomic E-state index is 0.145. The maximum absolute atomic E-state index is 11.8. The van der Waals surface area contributed by atoms with Gasteiger partial charge in [0.2, 0.25) is 5.91 Å². The molecule has 15 heavy (non-hydrogen) atoms. The van der Waals surface area contributed by atoms with Gasteiger partial charge in [0, 0.05) is 26.1 Å². The molecule has 4 nitrogen and oxygen atoms in total. The predicted octanol–water partition coefficient (Wildman–Crippen LogP) is 1.32. The number of piperidine rings is 1. The first-order valence-electron chi connectivity index (χ1n) is 5.79. The van der Waals surface area contributed by atoms with Crippen LogP contribution in [0.15, 0.2) is 0 Å². The molecule has 1 heterocycles. The Bertz CT molecular complexity index is 236. The van der Waals surface area contributed by atoms with Crippen LogP contribution in [0.4, 0.5) is 0 Å². The summed E-state index contributed by atoms with van der Waals surface area (Å²) in [4.78, 5) is 15.5. The van der Waals surface area contributed by atoms with Gasteiger partial charge in [-0.25, -0.2) is 0 Å². The SMILES string of the molecule is CCN(CC)C(=O)CN1CCCCC1=N. The van der Waals surface area contributed by atoms with Crippen molar-refractivity contribution in [2.75, 3.05) is 26.2 Å². The summed E-state index contributed by atoms with van der Waals surface area (Å²) in [5.74, 6) is 0.772. The molecule has 4 heteroatoms. The lowest BCUT2D eigenvalue weighted by Gasteiger charge is -2.30. The van der Waals surface area contributed by atoms with Crippen LogP contribution in [0.2, 0.25) is 0 Å². The highest BCUT2D eigenvalue weighted by molar-refractivity contribution is 5.86. The Kier molecular flexibility index (Phi) is 4.59. The molecule has 0 bridgehead atoms. The fraction of sp³-hybridized carbons (Fsp3) is 0.818. The molecule has 1 fully saturated rings. The molecule has 0 aliphatic carbocycles. The molecular formula is C11H21N3O. The summed E-state index contributed by atoms with van der Waals surface area (Å²) >= 11 is 0. The van der Waals surface area contributed by atoms with Gasteiger partial charge in [0.05, 0.1) is 12.4 Å². The summed E-state index contributed by atoms with van der Waals surface area (Å²) in [6.07, 6.45) is 3.02. The van der Waals surface area contributed by atoms with Gasteiger partial charge in [-0.2, -0.15) is 0 Å². The highest BCUT2D eigenvalue weighted by atomic mass is 16.2. The first-order chi connectivity index (χ1) is 7.19. The van der Waals surface area contributed by atoms with E-state index in [-0.39, 0.29) is 5.91 Å². The standard InChI is InChI=1S/C11H21N3O/c1-3-13(4-2)11(15)9-14-8-6-5-7-10(14)12/h12H,3-9H2,1-2H3. The zero-order valence-corrected chi connectivity index (χ0v) is 9.75. The molecular weight excluding hydrogens is 190 g/mol. The number of hydrogen-bond acceptors (Lipinski definition) is 2. The van der Waals surface area contributed by atoms with Gasteiger partial charge in [-0.3, -0.25) is 10.2 Å². The predicted molar refractivity (Wildman–Crippen MR) is 61.1 cm³/mol.